The highest BCUT2D eigenvalue weighted by molar-refractivity contribution is 6.31. The van der Waals surface area contributed by atoms with Gasteiger partial charge in [0.05, 0.1) is 0 Å². The van der Waals surface area contributed by atoms with Gasteiger partial charge in [0.1, 0.15) is 6.10 Å². The van der Waals surface area contributed by atoms with E-state index in [1.54, 1.807) is 0 Å². The number of benzene rings is 2. The molecule has 0 heterocycles. The Hall–Kier alpha value is -1.31. The van der Waals surface area contributed by atoms with Crippen LogP contribution in [-0.2, 0) is 0 Å². The number of aryl methyl sites for hydroxylation is 5. The van der Waals surface area contributed by atoms with Crippen LogP contribution < -0.4 is 0 Å². The van der Waals surface area contributed by atoms with Gasteiger partial charge in [0.25, 0.3) is 0 Å². The molecule has 1 atom stereocenters. The Morgan fingerprint density at radius 2 is 1.35 bits per heavy atom. The van der Waals surface area contributed by atoms with Crippen LogP contribution in [0.15, 0.2) is 24.3 Å². The molecular formula is C18H21ClO. The molecule has 1 unspecified atom stereocenters. The predicted octanol–water partition coefficient (Wildman–Crippen LogP) is 4.96. The van der Waals surface area contributed by atoms with Crippen LogP contribution in [0, 0.1) is 34.6 Å². The summed E-state index contributed by atoms with van der Waals surface area (Å²) in [6, 6.07) is 8.14. The molecule has 0 aliphatic rings. The van der Waals surface area contributed by atoms with E-state index in [0.29, 0.717) is 0 Å². The molecule has 0 amide bonds. The topological polar surface area (TPSA) is 20.2 Å². The summed E-state index contributed by atoms with van der Waals surface area (Å²) in [5.74, 6) is 0. The molecular weight excluding hydrogens is 268 g/mol. The van der Waals surface area contributed by atoms with Gasteiger partial charge in [-0.25, -0.2) is 0 Å². The molecule has 106 valence electrons. The number of halogens is 1. The molecule has 2 heteroatoms. The summed E-state index contributed by atoms with van der Waals surface area (Å²) in [5, 5.41) is 11.5. The van der Waals surface area contributed by atoms with Gasteiger partial charge in [-0.15, -0.1) is 0 Å². The highest BCUT2D eigenvalue weighted by Gasteiger charge is 2.18. The number of aliphatic hydroxyl groups excluding tert-OH is 1. The summed E-state index contributed by atoms with van der Waals surface area (Å²) >= 11 is 6.14. The molecule has 0 saturated heterocycles. The summed E-state index contributed by atoms with van der Waals surface area (Å²) in [6.45, 7) is 10.1. The Morgan fingerprint density at radius 1 is 0.800 bits per heavy atom. The minimum atomic E-state index is -0.605. The third-order valence-electron chi connectivity index (χ3n) is 3.85. The van der Waals surface area contributed by atoms with Crippen molar-refractivity contribution in [2.45, 2.75) is 40.7 Å². The van der Waals surface area contributed by atoms with Crippen LogP contribution in [0.1, 0.15) is 45.0 Å². The SMILES string of the molecule is Cc1cc(C)c(C(O)c2cc(C)c(Cl)cc2C)c(C)c1. The van der Waals surface area contributed by atoms with Gasteiger partial charge in [0.15, 0.2) is 0 Å². The zero-order valence-electron chi connectivity index (χ0n) is 12.7. The van der Waals surface area contributed by atoms with Crippen molar-refractivity contribution < 1.29 is 5.11 Å². The molecule has 0 bridgehead atoms. The average Bonchev–Trinajstić information content (AvgIpc) is 2.32. The second kappa shape index (κ2) is 5.59. The fourth-order valence-electron chi connectivity index (χ4n) is 2.88. The largest absolute Gasteiger partial charge is 0.384 e. The minimum Gasteiger partial charge on any atom is -0.384 e. The summed E-state index contributed by atoms with van der Waals surface area (Å²) in [5.41, 5.74) is 7.42. The predicted molar refractivity (Wildman–Crippen MR) is 85.6 cm³/mol. The molecule has 0 aliphatic carbocycles. The van der Waals surface area contributed by atoms with E-state index in [1.165, 1.54) is 5.56 Å². The Morgan fingerprint density at radius 3 is 1.90 bits per heavy atom. The molecule has 0 aliphatic heterocycles. The van der Waals surface area contributed by atoms with Crippen LogP contribution in [0.2, 0.25) is 5.02 Å². The maximum Gasteiger partial charge on any atom is 0.105 e. The summed E-state index contributed by atoms with van der Waals surface area (Å²) < 4.78 is 0. The van der Waals surface area contributed by atoms with Crippen LogP contribution in [0.25, 0.3) is 0 Å². The first-order chi connectivity index (χ1) is 9.31. The van der Waals surface area contributed by atoms with E-state index in [9.17, 15) is 5.11 Å². The summed E-state index contributed by atoms with van der Waals surface area (Å²) in [7, 11) is 0. The lowest BCUT2D eigenvalue weighted by Crippen LogP contribution is -2.07. The van der Waals surface area contributed by atoms with E-state index >= 15 is 0 Å². The monoisotopic (exact) mass is 288 g/mol. The Kier molecular flexibility index (Phi) is 4.22. The summed E-state index contributed by atoms with van der Waals surface area (Å²) in [6.07, 6.45) is -0.605. The zero-order valence-corrected chi connectivity index (χ0v) is 13.5. The second-order valence-electron chi connectivity index (χ2n) is 5.67. The molecule has 0 fully saturated rings. The molecule has 0 spiro atoms. The van der Waals surface area contributed by atoms with Gasteiger partial charge < -0.3 is 5.11 Å². The van der Waals surface area contributed by atoms with Crippen LogP contribution in [-0.4, -0.2) is 5.11 Å². The number of aliphatic hydroxyl groups is 1. The Labute approximate surface area is 126 Å². The normalized spacial score (nSPS) is 12.6. The van der Waals surface area contributed by atoms with Crippen molar-refractivity contribution in [2.75, 3.05) is 0 Å². The molecule has 0 saturated carbocycles. The smallest absolute Gasteiger partial charge is 0.105 e. The van der Waals surface area contributed by atoms with E-state index in [2.05, 4.69) is 32.9 Å². The fourth-order valence-corrected chi connectivity index (χ4v) is 3.09. The maximum absolute atomic E-state index is 10.8. The molecule has 2 rings (SSSR count). The van der Waals surface area contributed by atoms with Gasteiger partial charge in [0, 0.05) is 5.02 Å². The quantitative estimate of drug-likeness (QED) is 0.828. The number of hydrogen-bond acceptors (Lipinski definition) is 1. The fraction of sp³-hybridized carbons (Fsp3) is 0.333. The molecule has 1 nitrogen and oxygen atoms in total. The van der Waals surface area contributed by atoms with Gasteiger partial charge in [-0.1, -0.05) is 35.4 Å². The average molecular weight is 289 g/mol. The molecule has 2 aromatic rings. The van der Waals surface area contributed by atoms with Crippen molar-refractivity contribution in [3.8, 4) is 0 Å². The lowest BCUT2D eigenvalue weighted by molar-refractivity contribution is 0.218. The van der Waals surface area contributed by atoms with Crippen molar-refractivity contribution in [2.24, 2.45) is 0 Å². The lowest BCUT2D eigenvalue weighted by atomic mass is 9.89. The van der Waals surface area contributed by atoms with Gasteiger partial charge in [-0.3, -0.25) is 0 Å². The van der Waals surface area contributed by atoms with Gasteiger partial charge in [-0.05, 0) is 74.1 Å². The summed E-state index contributed by atoms with van der Waals surface area (Å²) in [4.78, 5) is 0. The Balaban J connectivity index is 2.57. The first kappa shape index (κ1) is 15.1. The zero-order chi connectivity index (χ0) is 15.0. The van der Waals surface area contributed by atoms with Gasteiger partial charge in [-0.2, -0.15) is 0 Å². The standard InChI is InChI=1S/C18H21ClO/c1-10-6-13(4)17(14(5)7-10)18(20)15-8-12(3)16(19)9-11(15)2/h6-9,18,20H,1-5H3. The van der Waals surface area contributed by atoms with Gasteiger partial charge >= 0.3 is 0 Å². The molecule has 0 radical (unpaired) electrons. The first-order valence-electron chi connectivity index (χ1n) is 6.83. The number of rotatable bonds is 2. The second-order valence-corrected chi connectivity index (χ2v) is 6.08. The van der Waals surface area contributed by atoms with Crippen molar-refractivity contribution >= 4 is 11.6 Å². The highest BCUT2D eigenvalue weighted by atomic mass is 35.5. The number of hydrogen-bond donors (Lipinski definition) is 1. The van der Waals surface area contributed by atoms with Crippen molar-refractivity contribution in [3.63, 3.8) is 0 Å². The highest BCUT2D eigenvalue weighted by Crippen LogP contribution is 2.32. The lowest BCUT2D eigenvalue weighted by Gasteiger charge is -2.20. The van der Waals surface area contributed by atoms with Crippen LogP contribution in [0.3, 0.4) is 0 Å². The third kappa shape index (κ3) is 2.74. The molecule has 2 aromatic carbocycles. The molecule has 1 N–H and O–H groups in total. The van der Waals surface area contributed by atoms with Crippen LogP contribution in [0.5, 0.6) is 0 Å². The Bertz CT molecular complexity index is 636. The van der Waals surface area contributed by atoms with E-state index in [1.807, 2.05) is 26.0 Å². The molecule has 20 heavy (non-hydrogen) atoms. The third-order valence-corrected chi connectivity index (χ3v) is 4.26. The maximum atomic E-state index is 10.8. The van der Waals surface area contributed by atoms with Crippen LogP contribution >= 0.6 is 11.6 Å². The van der Waals surface area contributed by atoms with E-state index in [-0.39, 0.29) is 0 Å². The van der Waals surface area contributed by atoms with E-state index in [0.717, 1.165) is 38.4 Å². The van der Waals surface area contributed by atoms with Gasteiger partial charge in [0.2, 0.25) is 0 Å². The van der Waals surface area contributed by atoms with Crippen molar-refractivity contribution in [1.29, 1.82) is 0 Å². The van der Waals surface area contributed by atoms with Crippen LogP contribution in [0.4, 0.5) is 0 Å². The van der Waals surface area contributed by atoms with Crippen molar-refractivity contribution in [3.05, 3.63) is 68.2 Å². The van der Waals surface area contributed by atoms with E-state index < -0.39 is 6.10 Å². The van der Waals surface area contributed by atoms with Crippen molar-refractivity contribution in [1.82, 2.24) is 0 Å². The minimum absolute atomic E-state index is 0.605. The molecule has 0 aromatic heterocycles. The first-order valence-corrected chi connectivity index (χ1v) is 7.21. The van der Waals surface area contributed by atoms with E-state index in [4.69, 9.17) is 11.6 Å².